The van der Waals surface area contributed by atoms with Gasteiger partial charge in [0, 0.05) is 25.7 Å². The van der Waals surface area contributed by atoms with Gasteiger partial charge in [-0.3, -0.25) is 10.1 Å². The number of aryl methyl sites for hydroxylation is 1. The van der Waals surface area contributed by atoms with E-state index in [4.69, 9.17) is 5.73 Å². The molecule has 0 aromatic heterocycles. The van der Waals surface area contributed by atoms with E-state index >= 15 is 0 Å². The highest BCUT2D eigenvalue weighted by molar-refractivity contribution is 5.64. The number of rotatable bonds is 5. The smallest absolute Gasteiger partial charge is 0.292 e. The molecular weight excluding hydrogens is 230 g/mol. The Morgan fingerprint density at radius 3 is 2.72 bits per heavy atom. The molecule has 1 saturated carbocycles. The molecular formula is C13H19N3O2. The second-order valence-electron chi connectivity index (χ2n) is 5.00. The lowest BCUT2D eigenvalue weighted by molar-refractivity contribution is -0.384. The van der Waals surface area contributed by atoms with Crippen molar-refractivity contribution < 1.29 is 4.92 Å². The first-order valence-electron chi connectivity index (χ1n) is 6.22. The third-order valence-electron chi connectivity index (χ3n) is 3.61. The number of hydrogen-bond acceptors (Lipinski definition) is 4. The standard InChI is InChI=1S/C13H19N3O2/c1-9-3-6-11(16(17)18)12(7-9)15(2)13(8-14)10-4-5-10/h3,6-7,10,13H,4-5,8,14H2,1-2H3. The van der Waals surface area contributed by atoms with Crippen LogP contribution in [0.15, 0.2) is 18.2 Å². The largest absolute Gasteiger partial charge is 0.365 e. The van der Waals surface area contributed by atoms with Crippen LogP contribution in [0.5, 0.6) is 0 Å². The van der Waals surface area contributed by atoms with E-state index in [9.17, 15) is 10.1 Å². The molecule has 1 unspecified atom stereocenters. The van der Waals surface area contributed by atoms with Crippen LogP contribution >= 0.6 is 0 Å². The van der Waals surface area contributed by atoms with Gasteiger partial charge in [-0.05, 0) is 37.3 Å². The van der Waals surface area contributed by atoms with Gasteiger partial charge in [-0.15, -0.1) is 0 Å². The number of nitro benzene ring substituents is 1. The Bertz CT molecular complexity index is 458. The van der Waals surface area contributed by atoms with Crippen LogP contribution in [-0.2, 0) is 0 Å². The van der Waals surface area contributed by atoms with Gasteiger partial charge in [0.2, 0.25) is 0 Å². The molecule has 0 aliphatic heterocycles. The summed E-state index contributed by atoms with van der Waals surface area (Å²) in [6.45, 7) is 2.47. The van der Waals surface area contributed by atoms with Crippen molar-refractivity contribution in [2.75, 3.05) is 18.5 Å². The van der Waals surface area contributed by atoms with E-state index in [0.717, 1.165) is 5.56 Å². The fraction of sp³-hybridized carbons (Fsp3) is 0.538. The van der Waals surface area contributed by atoms with E-state index in [0.29, 0.717) is 18.2 Å². The summed E-state index contributed by atoms with van der Waals surface area (Å²) in [6, 6.07) is 5.40. The van der Waals surface area contributed by atoms with Gasteiger partial charge in [0.05, 0.1) is 4.92 Å². The highest BCUT2D eigenvalue weighted by Crippen LogP contribution is 2.38. The lowest BCUT2D eigenvalue weighted by atomic mass is 10.1. The number of hydrogen-bond donors (Lipinski definition) is 1. The number of nitro groups is 1. The highest BCUT2D eigenvalue weighted by Gasteiger charge is 2.34. The minimum Gasteiger partial charge on any atom is -0.365 e. The van der Waals surface area contributed by atoms with Gasteiger partial charge in [-0.25, -0.2) is 0 Å². The molecule has 1 fully saturated rings. The maximum absolute atomic E-state index is 11.1. The van der Waals surface area contributed by atoms with Crippen molar-refractivity contribution in [3.63, 3.8) is 0 Å². The number of likely N-dealkylation sites (N-methyl/N-ethyl adjacent to an activating group) is 1. The SMILES string of the molecule is Cc1ccc([N+](=O)[O-])c(N(C)C(CN)C2CC2)c1. The predicted molar refractivity (Wildman–Crippen MR) is 71.8 cm³/mol. The van der Waals surface area contributed by atoms with Crippen LogP contribution in [-0.4, -0.2) is 24.6 Å². The Hall–Kier alpha value is -1.62. The van der Waals surface area contributed by atoms with Crippen molar-refractivity contribution in [2.45, 2.75) is 25.8 Å². The van der Waals surface area contributed by atoms with Crippen LogP contribution in [0.3, 0.4) is 0 Å². The maximum Gasteiger partial charge on any atom is 0.292 e. The van der Waals surface area contributed by atoms with Crippen LogP contribution in [0.4, 0.5) is 11.4 Å². The highest BCUT2D eigenvalue weighted by atomic mass is 16.6. The predicted octanol–water partition coefficient (Wildman–Crippen LogP) is 2.08. The first-order chi connectivity index (χ1) is 8.54. The van der Waals surface area contributed by atoms with Crippen molar-refractivity contribution in [3.05, 3.63) is 33.9 Å². The zero-order valence-electron chi connectivity index (χ0n) is 10.8. The molecule has 0 amide bonds. The van der Waals surface area contributed by atoms with Crippen LogP contribution < -0.4 is 10.6 Å². The minimum atomic E-state index is -0.328. The molecule has 5 nitrogen and oxygen atoms in total. The van der Waals surface area contributed by atoms with E-state index in [1.807, 2.05) is 24.9 Å². The zero-order chi connectivity index (χ0) is 13.3. The summed E-state index contributed by atoms with van der Waals surface area (Å²) in [5, 5.41) is 11.1. The molecule has 0 heterocycles. The van der Waals surface area contributed by atoms with Crippen LogP contribution in [0, 0.1) is 23.0 Å². The third kappa shape index (κ3) is 2.46. The Morgan fingerprint density at radius 1 is 1.56 bits per heavy atom. The second kappa shape index (κ2) is 4.94. The molecule has 1 atom stereocenters. The molecule has 2 N–H and O–H groups in total. The van der Waals surface area contributed by atoms with Crippen molar-refractivity contribution in [1.82, 2.24) is 0 Å². The molecule has 5 heteroatoms. The minimum absolute atomic E-state index is 0.155. The van der Waals surface area contributed by atoms with E-state index in [-0.39, 0.29) is 16.7 Å². The molecule has 0 saturated heterocycles. The van der Waals surface area contributed by atoms with E-state index in [1.54, 1.807) is 12.1 Å². The van der Waals surface area contributed by atoms with Gasteiger partial charge >= 0.3 is 0 Å². The zero-order valence-corrected chi connectivity index (χ0v) is 10.8. The molecule has 1 aliphatic rings. The average Bonchev–Trinajstić information content (AvgIpc) is 3.13. The summed E-state index contributed by atoms with van der Waals surface area (Å²) < 4.78 is 0. The number of anilines is 1. The van der Waals surface area contributed by atoms with Gasteiger partial charge in [-0.2, -0.15) is 0 Å². The van der Waals surface area contributed by atoms with Gasteiger partial charge < -0.3 is 10.6 Å². The monoisotopic (exact) mass is 249 g/mol. The summed E-state index contributed by atoms with van der Waals surface area (Å²) in [4.78, 5) is 12.7. The van der Waals surface area contributed by atoms with E-state index in [1.165, 1.54) is 12.8 Å². The molecule has 1 aromatic rings. The summed E-state index contributed by atoms with van der Waals surface area (Å²) in [6.07, 6.45) is 2.34. The Morgan fingerprint density at radius 2 is 2.22 bits per heavy atom. The fourth-order valence-electron chi connectivity index (χ4n) is 2.40. The lowest BCUT2D eigenvalue weighted by Gasteiger charge is -2.29. The summed E-state index contributed by atoms with van der Waals surface area (Å²) in [5.74, 6) is 0.583. The summed E-state index contributed by atoms with van der Waals surface area (Å²) >= 11 is 0. The third-order valence-corrected chi connectivity index (χ3v) is 3.61. The summed E-state index contributed by atoms with van der Waals surface area (Å²) in [5.41, 5.74) is 7.65. The molecule has 1 aromatic carbocycles. The first kappa shape index (κ1) is 12.8. The Balaban J connectivity index is 2.35. The van der Waals surface area contributed by atoms with Gasteiger partial charge in [0.25, 0.3) is 5.69 Å². The molecule has 18 heavy (non-hydrogen) atoms. The lowest BCUT2D eigenvalue weighted by Crippen LogP contribution is -2.40. The van der Waals surface area contributed by atoms with Crippen molar-refractivity contribution >= 4 is 11.4 Å². The Labute approximate surface area is 107 Å². The van der Waals surface area contributed by atoms with E-state index < -0.39 is 0 Å². The van der Waals surface area contributed by atoms with Crippen molar-refractivity contribution in [1.29, 1.82) is 0 Å². The molecule has 1 aliphatic carbocycles. The normalized spacial score (nSPS) is 16.4. The molecule has 0 radical (unpaired) electrons. The average molecular weight is 249 g/mol. The number of benzene rings is 1. The molecule has 0 bridgehead atoms. The molecule has 98 valence electrons. The second-order valence-corrected chi connectivity index (χ2v) is 5.00. The summed E-state index contributed by atoms with van der Waals surface area (Å²) in [7, 11) is 1.90. The van der Waals surface area contributed by atoms with Crippen molar-refractivity contribution in [2.24, 2.45) is 11.7 Å². The Kier molecular flexibility index (Phi) is 3.52. The quantitative estimate of drug-likeness (QED) is 0.640. The van der Waals surface area contributed by atoms with Gasteiger partial charge in [0.1, 0.15) is 5.69 Å². The van der Waals surface area contributed by atoms with Crippen LogP contribution in [0.25, 0.3) is 0 Å². The number of nitrogens with zero attached hydrogens (tertiary/aromatic N) is 2. The van der Waals surface area contributed by atoms with Crippen LogP contribution in [0.1, 0.15) is 18.4 Å². The van der Waals surface area contributed by atoms with Gasteiger partial charge in [0.15, 0.2) is 0 Å². The van der Waals surface area contributed by atoms with Crippen LogP contribution in [0.2, 0.25) is 0 Å². The fourth-order valence-corrected chi connectivity index (χ4v) is 2.40. The van der Waals surface area contributed by atoms with Gasteiger partial charge in [-0.1, -0.05) is 6.07 Å². The molecule has 2 rings (SSSR count). The van der Waals surface area contributed by atoms with Crippen molar-refractivity contribution in [3.8, 4) is 0 Å². The first-order valence-corrected chi connectivity index (χ1v) is 6.22. The molecule has 0 spiro atoms. The number of nitrogens with two attached hydrogens (primary N) is 1. The topological polar surface area (TPSA) is 72.4 Å². The maximum atomic E-state index is 11.1. The van der Waals surface area contributed by atoms with E-state index in [2.05, 4.69) is 0 Å².